The molecule has 1 heterocycles. The molecule has 1 N–H and O–H groups in total. The van der Waals surface area contributed by atoms with Gasteiger partial charge in [-0.1, -0.05) is 12.1 Å². The minimum absolute atomic E-state index is 0.0380. The third kappa shape index (κ3) is 3.41. The third-order valence-corrected chi connectivity index (χ3v) is 4.16. The van der Waals surface area contributed by atoms with Crippen LogP contribution in [0.2, 0.25) is 0 Å². The number of halogens is 1. The number of hydrogen-bond donors (Lipinski definition) is 1. The number of thiophene rings is 1. The van der Waals surface area contributed by atoms with E-state index in [4.69, 9.17) is 0 Å². The van der Waals surface area contributed by atoms with Crippen molar-refractivity contribution in [3.63, 3.8) is 0 Å². The Morgan fingerprint density at radius 1 is 1.26 bits per heavy atom. The van der Waals surface area contributed by atoms with Gasteiger partial charge in [0.25, 0.3) is 5.91 Å². The van der Waals surface area contributed by atoms with Gasteiger partial charge in [0.15, 0.2) is 0 Å². The molecular formula is C15H16FNOS. The first-order chi connectivity index (χ1) is 9.08. The van der Waals surface area contributed by atoms with Gasteiger partial charge in [-0.2, -0.15) is 0 Å². The quantitative estimate of drug-likeness (QED) is 0.911. The molecular weight excluding hydrogens is 261 g/mol. The van der Waals surface area contributed by atoms with E-state index in [1.807, 2.05) is 19.2 Å². The molecule has 19 heavy (non-hydrogen) atoms. The molecule has 1 amide bonds. The molecule has 100 valence electrons. The van der Waals surface area contributed by atoms with Crippen LogP contribution in [0.15, 0.2) is 29.6 Å². The summed E-state index contributed by atoms with van der Waals surface area (Å²) in [5.74, 6) is -0.277. The van der Waals surface area contributed by atoms with Crippen molar-refractivity contribution in [1.29, 1.82) is 0 Å². The lowest BCUT2D eigenvalue weighted by atomic mass is 10.1. The average molecular weight is 277 g/mol. The fraction of sp³-hybridized carbons (Fsp3) is 0.267. The molecule has 2 rings (SSSR count). The molecule has 0 radical (unpaired) electrons. The second-order valence-corrected chi connectivity index (χ2v) is 5.55. The van der Waals surface area contributed by atoms with Crippen LogP contribution in [0, 0.1) is 19.7 Å². The maximum absolute atomic E-state index is 12.7. The molecule has 2 aromatic rings. The summed E-state index contributed by atoms with van der Waals surface area (Å²) < 4.78 is 12.7. The van der Waals surface area contributed by atoms with Crippen molar-refractivity contribution in [3.8, 4) is 0 Å². The predicted octanol–water partition coefficient (Wildman–Crippen LogP) is 3.48. The van der Waals surface area contributed by atoms with Crippen molar-refractivity contribution < 1.29 is 9.18 Å². The number of amides is 1. The molecule has 0 bridgehead atoms. The summed E-state index contributed by atoms with van der Waals surface area (Å²) in [6.07, 6.45) is 0.703. The van der Waals surface area contributed by atoms with Crippen LogP contribution in [0.3, 0.4) is 0 Å². The fourth-order valence-electron chi connectivity index (χ4n) is 1.80. The monoisotopic (exact) mass is 277 g/mol. The Bertz CT molecular complexity index is 574. The molecule has 0 spiro atoms. The van der Waals surface area contributed by atoms with Gasteiger partial charge in [0.05, 0.1) is 5.56 Å². The number of hydrogen-bond acceptors (Lipinski definition) is 2. The lowest BCUT2D eigenvalue weighted by Crippen LogP contribution is -2.25. The number of aryl methyl sites for hydroxylation is 1. The SMILES string of the molecule is Cc1scc(C(=O)NCCc2ccc(F)cc2)c1C. The minimum atomic E-state index is -0.239. The molecule has 0 saturated carbocycles. The molecule has 0 unspecified atom stereocenters. The minimum Gasteiger partial charge on any atom is -0.352 e. The van der Waals surface area contributed by atoms with E-state index in [1.54, 1.807) is 23.5 Å². The smallest absolute Gasteiger partial charge is 0.252 e. The van der Waals surface area contributed by atoms with E-state index < -0.39 is 0 Å². The molecule has 0 aliphatic carbocycles. The summed E-state index contributed by atoms with van der Waals surface area (Å²) in [5, 5.41) is 4.78. The van der Waals surface area contributed by atoms with Crippen LogP contribution in [0.25, 0.3) is 0 Å². The summed E-state index contributed by atoms with van der Waals surface area (Å²) in [5.41, 5.74) is 2.81. The van der Waals surface area contributed by atoms with Gasteiger partial charge in [-0.3, -0.25) is 4.79 Å². The second kappa shape index (κ2) is 5.97. The van der Waals surface area contributed by atoms with Crippen LogP contribution in [-0.4, -0.2) is 12.5 Å². The zero-order chi connectivity index (χ0) is 13.8. The average Bonchev–Trinajstić information content (AvgIpc) is 2.72. The Balaban J connectivity index is 1.87. The van der Waals surface area contributed by atoms with Gasteiger partial charge < -0.3 is 5.32 Å². The summed E-state index contributed by atoms with van der Waals surface area (Å²) >= 11 is 1.59. The summed E-state index contributed by atoms with van der Waals surface area (Å²) in [4.78, 5) is 13.1. The van der Waals surface area contributed by atoms with Gasteiger partial charge in [-0.05, 0) is 43.5 Å². The molecule has 0 saturated heterocycles. The van der Waals surface area contributed by atoms with E-state index in [2.05, 4.69) is 5.32 Å². The molecule has 2 nitrogen and oxygen atoms in total. The molecule has 1 aromatic carbocycles. The lowest BCUT2D eigenvalue weighted by Gasteiger charge is -2.05. The largest absolute Gasteiger partial charge is 0.352 e. The molecule has 0 aliphatic rings. The third-order valence-electron chi connectivity index (χ3n) is 3.14. The summed E-state index contributed by atoms with van der Waals surface area (Å²) in [7, 11) is 0. The maximum atomic E-state index is 12.7. The highest BCUT2D eigenvalue weighted by Crippen LogP contribution is 2.20. The van der Waals surface area contributed by atoms with Crippen molar-refractivity contribution in [2.75, 3.05) is 6.54 Å². The predicted molar refractivity (Wildman–Crippen MR) is 76.2 cm³/mol. The standard InChI is InChI=1S/C15H16FNOS/c1-10-11(2)19-9-14(10)15(18)17-8-7-12-3-5-13(16)6-4-12/h3-6,9H,7-8H2,1-2H3,(H,17,18). The second-order valence-electron chi connectivity index (χ2n) is 4.46. The highest BCUT2D eigenvalue weighted by atomic mass is 32.1. The molecule has 1 aromatic heterocycles. The van der Waals surface area contributed by atoms with Gasteiger partial charge in [0, 0.05) is 16.8 Å². The van der Waals surface area contributed by atoms with Crippen molar-refractivity contribution in [2.45, 2.75) is 20.3 Å². The zero-order valence-electron chi connectivity index (χ0n) is 11.0. The topological polar surface area (TPSA) is 29.1 Å². The maximum Gasteiger partial charge on any atom is 0.252 e. The number of carbonyl (C=O) groups excluding carboxylic acids is 1. The van der Waals surface area contributed by atoms with E-state index in [9.17, 15) is 9.18 Å². The van der Waals surface area contributed by atoms with Gasteiger partial charge in [-0.25, -0.2) is 4.39 Å². The summed E-state index contributed by atoms with van der Waals surface area (Å²) in [6, 6.07) is 6.34. The normalized spacial score (nSPS) is 10.5. The lowest BCUT2D eigenvalue weighted by molar-refractivity contribution is 0.0954. The zero-order valence-corrected chi connectivity index (χ0v) is 11.8. The van der Waals surface area contributed by atoms with Crippen LogP contribution in [0.4, 0.5) is 4.39 Å². The van der Waals surface area contributed by atoms with Gasteiger partial charge in [-0.15, -0.1) is 11.3 Å². The fourth-order valence-corrected chi connectivity index (χ4v) is 2.67. The highest BCUT2D eigenvalue weighted by Gasteiger charge is 2.11. The number of carbonyl (C=O) groups is 1. The molecule has 0 fully saturated rings. The number of benzene rings is 1. The Labute approximate surface area is 116 Å². The van der Waals surface area contributed by atoms with E-state index in [-0.39, 0.29) is 11.7 Å². The first-order valence-electron chi connectivity index (χ1n) is 6.15. The molecule has 0 aliphatic heterocycles. The first-order valence-corrected chi connectivity index (χ1v) is 7.03. The van der Waals surface area contributed by atoms with Crippen LogP contribution in [0.5, 0.6) is 0 Å². The van der Waals surface area contributed by atoms with Crippen molar-refractivity contribution in [1.82, 2.24) is 5.32 Å². The van der Waals surface area contributed by atoms with Crippen molar-refractivity contribution in [2.24, 2.45) is 0 Å². The Morgan fingerprint density at radius 2 is 1.95 bits per heavy atom. The van der Waals surface area contributed by atoms with Crippen LogP contribution in [0.1, 0.15) is 26.4 Å². The van der Waals surface area contributed by atoms with Crippen LogP contribution >= 0.6 is 11.3 Å². The first kappa shape index (κ1) is 13.7. The van der Waals surface area contributed by atoms with Crippen LogP contribution in [-0.2, 0) is 6.42 Å². The van der Waals surface area contributed by atoms with Crippen molar-refractivity contribution in [3.05, 3.63) is 57.0 Å². The van der Waals surface area contributed by atoms with Gasteiger partial charge in [0.1, 0.15) is 5.82 Å². The number of rotatable bonds is 4. The van der Waals surface area contributed by atoms with E-state index in [0.29, 0.717) is 13.0 Å². The Morgan fingerprint density at radius 3 is 2.53 bits per heavy atom. The summed E-state index contributed by atoms with van der Waals surface area (Å²) in [6.45, 7) is 4.52. The van der Waals surface area contributed by atoms with Gasteiger partial charge in [0.2, 0.25) is 0 Å². The van der Waals surface area contributed by atoms with E-state index in [1.165, 1.54) is 17.0 Å². The van der Waals surface area contributed by atoms with E-state index >= 15 is 0 Å². The Hall–Kier alpha value is -1.68. The van der Waals surface area contributed by atoms with Crippen molar-refractivity contribution >= 4 is 17.2 Å². The number of nitrogens with one attached hydrogen (secondary N) is 1. The van der Waals surface area contributed by atoms with Gasteiger partial charge >= 0.3 is 0 Å². The highest BCUT2D eigenvalue weighted by molar-refractivity contribution is 7.10. The molecule has 0 atom stereocenters. The van der Waals surface area contributed by atoms with Crippen LogP contribution < -0.4 is 5.32 Å². The molecule has 4 heteroatoms. The Kier molecular flexibility index (Phi) is 4.32. The van der Waals surface area contributed by atoms with E-state index in [0.717, 1.165) is 16.7 Å².